The molecule has 2 aromatic rings. The second-order valence-electron chi connectivity index (χ2n) is 7.82. The lowest BCUT2D eigenvalue weighted by Gasteiger charge is -2.27. The third-order valence-corrected chi connectivity index (χ3v) is 6.18. The lowest BCUT2D eigenvalue weighted by molar-refractivity contribution is 0.221. The summed E-state index contributed by atoms with van der Waals surface area (Å²) in [4.78, 5) is 4.62. The maximum Gasteiger partial charge on any atom is 0.167 e. The highest BCUT2D eigenvalue weighted by Gasteiger charge is 2.46. The quantitative estimate of drug-likeness (QED) is 0.720. The van der Waals surface area contributed by atoms with E-state index in [1.165, 1.54) is 18.7 Å². The molecule has 0 aromatic heterocycles. The number of methoxy groups -OCH3 is 2. The highest BCUT2D eigenvalue weighted by molar-refractivity contribution is 5.85. The minimum Gasteiger partial charge on any atom is -0.497 e. The highest BCUT2D eigenvalue weighted by Crippen LogP contribution is 2.45. The molecule has 0 saturated carbocycles. The average Bonchev–Trinajstić information content (AvgIpc) is 3.21. The van der Waals surface area contributed by atoms with E-state index < -0.39 is 11.6 Å². The van der Waals surface area contributed by atoms with E-state index in [1.54, 1.807) is 7.11 Å². The van der Waals surface area contributed by atoms with Crippen LogP contribution in [0, 0.1) is 23.5 Å². The summed E-state index contributed by atoms with van der Waals surface area (Å²) in [6.07, 6.45) is 0. The Hall–Kier alpha value is -1.89. The van der Waals surface area contributed by atoms with Crippen LogP contribution in [0.4, 0.5) is 8.78 Å². The standard InChI is InChI=1S/C22H26F2N2O2.ClH/c1-25-10-15-11-26(13-18-20(28-3)9-8-19(23)21(18)24)12-17(15)22(25)14-4-6-16(27-2)7-5-14;/h4-9,15,17,22H,10-13H2,1-3H3;1H/t15-,17+,22+;/m0./s1. The van der Waals surface area contributed by atoms with Gasteiger partial charge in [-0.1, -0.05) is 12.1 Å². The number of nitrogens with zero attached hydrogens (tertiary/aromatic N) is 2. The molecular formula is C22H27ClF2N2O2. The molecule has 2 heterocycles. The van der Waals surface area contributed by atoms with Gasteiger partial charge < -0.3 is 9.47 Å². The molecular weight excluding hydrogens is 398 g/mol. The fourth-order valence-electron chi connectivity index (χ4n) is 4.92. The number of hydrogen-bond acceptors (Lipinski definition) is 4. The van der Waals surface area contributed by atoms with Crippen molar-refractivity contribution < 1.29 is 18.3 Å². The fourth-order valence-corrected chi connectivity index (χ4v) is 4.92. The van der Waals surface area contributed by atoms with Gasteiger partial charge in [-0.25, -0.2) is 8.78 Å². The third-order valence-electron chi connectivity index (χ3n) is 6.18. The van der Waals surface area contributed by atoms with Gasteiger partial charge in [0.2, 0.25) is 0 Å². The summed E-state index contributed by atoms with van der Waals surface area (Å²) in [5, 5.41) is 0. The lowest BCUT2D eigenvalue weighted by atomic mass is 9.89. The lowest BCUT2D eigenvalue weighted by Crippen LogP contribution is -2.29. The topological polar surface area (TPSA) is 24.9 Å². The van der Waals surface area contributed by atoms with Gasteiger partial charge in [0.05, 0.1) is 14.2 Å². The zero-order chi connectivity index (χ0) is 19.8. The van der Waals surface area contributed by atoms with E-state index in [0.717, 1.165) is 31.5 Å². The third kappa shape index (κ3) is 4.06. The van der Waals surface area contributed by atoms with Gasteiger partial charge in [0.1, 0.15) is 11.5 Å². The molecule has 0 unspecified atom stereocenters. The van der Waals surface area contributed by atoms with Crippen LogP contribution < -0.4 is 9.47 Å². The van der Waals surface area contributed by atoms with Crippen molar-refractivity contribution in [3.8, 4) is 11.5 Å². The molecule has 0 bridgehead atoms. The predicted octanol–water partition coefficient (Wildman–Crippen LogP) is 4.14. The van der Waals surface area contributed by atoms with Crippen LogP contribution >= 0.6 is 12.4 Å². The Morgan fingerprint density at radius 2 is 1.69 bits per heavy atom. The van der Waals surface area contributed by atoms with Crippen LogP contribution in [0.2, 0.25) is 0 Å². The van der Waals surface area contributed by atoms with E-state index in [1.807, 2.05) is 12.1 Å². The first-order chi connectivity index (χ1) is 13.5. The molecule has 4 nitrogen and oxygen atoms in total. The van der Waals surface area contributed by atoms with Gasteiger partial charge >= 0.3 is 0 Å². The van der Waals surface area contributed by atoms with Crippen LogP contribution in [0.1, 0.15) is 17.2 Å². The Labute approximate surface area is 176 Å². The van der Waals surface area contributed by atoms with Crippen LogP contribution in [-0.4, -0.2) is 50.7 Å². The Morgan fingerprint density at radius 1 is 0.966 bits per heavy atom. The number of halogens is 3. The first-order valence-electron chi connectivity index (χ1n) is 9.59. The van der Waals surface area contributed by atoms with Crippen molar-refractivity contribution in [3.63, 3.8) is 0 Å². The van der Waals surface area contributed by atoms with Gasteiger partial charge in [0.25, 0.3) is 0 Å². The molecule has 2 aliphatic heterocycles. The molecule has 7 heteroatoms. The van der Waals surface area contributed by atoms with Crippen molar-refractivity contribution in [1.82, 2.24) is 9.80 Å². The summed E-state index contributed by atoms with van der Waals surface area (Å²) < 4.78 is 38.6. The van der Waals surface area contributed by atoms with E-state index in [2.05, 4.69) is 29.0 Å². The molecule has 3 atom stereocenters. The number of ether oxygens (including phenoxy) is 2. The number of benzene rings is 2. The summed E-state index contributed by atoms with van der Waals surface area (Å²) in [5.41, 5.74) is 1.57. The summed E-state index contributed by atoms with van der Waals surface area (Å²) >= 11 is 0. The molecule has 0 spiro atoms. The molecule has 0 aliphatic carbocycles. The Balaban J connectivity index is 0.00000240. The van der Waals surface area contributed by atoms with Gasteiger partial charge in [-0.15, -0.1) is 12.4 Å². The molecule has 2 aliphatic rings. The van der Waals surface area contributed by atoms with Gasteiger partial charge in [-0.2, -0.15) is 0 Å². The normalized spacial score (nSPS) is 24.2. The second kappa shape index (κ2) is 8.86. The van der Waals surface area contributed by atoms with Crippen LogP contribution in [0.15, 0.2) is 36.4 Å². The second-order valence-corrected chi connectivity index (χ2v) is 7.82. The molecule has 0 amide bonds. The summed E-state index contributed by atoms with van der Waals surface area (Å²) in [7, 11) is 5.32. The number of rotatable bonds is 5. The Bertz CT molecular complexity index is 849. The van der Waals surface area contributed by atoms with Gasteiger partial charge in [0.15, 0.2) is 11.6 Å². The first-order valence-corrected chi connectivity index (χ1v) is 9.59. The molecule has 158 valence electrons. The maximum absolute atomic E-state index is 14.4. The number of hydrogen-bond donors (Lipinski definition) is 0. The smallest absolute Gasteiger partial charge is 0.167 e. The van der Waals surface area contributed by atoms with Crippen molar-refractivity contribution >= 4 is 12.4 Å². The predicted molar refractivity (Wildman–Crippen MR) is 111 cm³/mol. The van der Waals surface area contributed by atoms with Crippen LogP contribution in [-0.2, 0) is 6.54 Å². The number of likely N-dealkylation sites (tertiary alicyclic amines) is 2. The molecule has 29 heavy (non-hydrogen) atoms. The molecule has 2 saturated heterocycles. The number of fused-ring (bicyclic) bond motifs is 1. The molecule has 0 radical (unpaired) electrons. The summed E-state index contributed by atoms with van der Waals surface area (Å²) in [6.45, 7) is 3.09. The minimum atomic E-state index is -0.828. The van der Waals surface area contributed by atoms with Crippen molar-refractivity contribution in [3.05, 3.63) is 59.2 Å². The molecule has 2 aromatic carbocycles. The fraction of sp³-hybridized carbons (Fsp3) is 0.455. The summed E-state index contributed by atoms with van der Waals surface area (Å²) in [6, 6.07) is 11.2. The van der Waals surface area contributed by atoms with E-state index in [9.17, 15) is 8.78 Å². The van der Waals surface area contributed by atoms with Crippen molar-refractivity contribution in [1.29, 1.82) is 0 Å². The van der Waals surface area contributed by atoms with Gasteiger partial charge in [-0.3, -0.25) is 9.80 Å². The largest absolute Gasteiger partial charge is 0.497 e. The SMILES string of the molecule is COc1ccc([C@@H]2[C@@H]3CN(Cc4c(OC)ccc(F)c4F)C[C@@H]3CN2C)cc1.Cl. The van der Waals surface area contributed by atoms with Gasteiger partial charge in [-0.05, 0) is 48.7 Å². The summed E-state index contributed by atoms with van der Waals surface area (Å²) in [5.74, 6) is 0.592. The minimum absolute atomic E-state index is 0. The van der Waals surface area contributed by atoms with E-state index in [-0.39, 0.29) is 12.4 Å². The maximum atomic E-state index is 14.4. The van der Waals surface area contributed by atoms with E-state index >= 15 is 0 Å². The van der Waals surface area contributed by atoms with E-state index in [0.29, 0.717) is 35.7 Å². The van der Waals surface area contributed by atoms with Crippen LogP contribution in [0.25, 0.3) is 0 Å². The van der Waals surface area contributed by atoms with Crippen LogP contribution in [0.3, 0.4) is 0 Å². The Morgan fingerprint density at radius 3 is 2.34 bits per heavy atom. The average molecular weight is 425 g/mol. The van der Waals surface area contributed by atoms with Crippen molar-refractivity contribution in [2.45, 2.75) is 12.6 Å². The van der Waals surface area contributed by atoms with Gasteiger partial charge in [0, 0.05) is 37.8 Å². The monoisotopic (exact) mass is 424 g/mol. The molecule has 4 rings (SSSR count). The zero-order valence-electron chi connectivity index (χ0n) is 16.9. The highest BCUT2D eigenvalue weighted by atomic mass is 35.5. The first kappa shape index (κ1) is 21.8. The van der Waals surface area contributed by atoms with Crippen molar-refractivity contribution in [2.75, 3.05) is 40.9 Å². The Kier molecular flexibility index (Phi) is 6.66. The molecule has 2 fully saturated rings. The van der Waals surface area contributed by atoms with Crippen molar-refractivity contribution in [2.24, 2.45) is 11.8 Å². The molecule has 0 N–H and O–H groups in total. The van der Waals surface area contributed by atoms with E-state index in [4.69, 9.17) is 9.47 Å². The zero-order valence-corrected chi connectivity index (χ0v) is 17.7. The van der Waals surface area contributed by atoms with Crippen LogP contribution in [0.5, 0.6) is 11.5 Å².